The first kappa shape index (κ1) is 25.8. The Kier molecular flexibility index (Phi) is 8.93. The molecule has 0 saturated heterocycles. The van der Waals surface area contributed by atoms with Gasteiger partial charge in [-0.3, -0.25) is 0 Å². The van der Waals surface area contributed by atoms with Crippen LogP contribution in [0.3, 0.4) is 0 Å². The van der Waals surface area contributed by atoms with Gasteiger partial charge in [-0.1, -0.05) is 12.1 Å². The predicted molar refractivity (Wildman–Crippen MR) is 126 cm³/mol. The summed E-state index contributed by atoms with van der Waals surface area (Å²) in [5, 5.41) is 19.9. The van der Waals surface area contributed by atoms with Crippen LogP contribution in [0.15, 0.2) is 36.4 Å². The first-order valence-corrected chi connectivity index (χ1v) is 10.4. The zero-order chi connectivity index (χ0) is 24.7. The van der Waals surface area contributed by atoms with Crippen molar-refractivity contribution in [2.45, 2.75) is 25.0 Å². The number of rotatable bonds is 11. The fraction of sp³-hybridized carbons (Fsp3) is 0.417. The van der Waals surface area contributed by atoms with Crippen LogP contribution in [0.5, 0.6) is 11.5 Å². The molecule has 9 heteroatoms. The van der Waals surface area contributed by atoms with E-state index in [1.54, 1.807) is 50.6 Å². The van der Waals surface area contributed by atoms with Crippen molar-refractivity contribution in [1.82, 2.24) is 0 Å². The summed E-state index contributed by atoms with van der Waals surface area (Å²) in [7, 11) is 10.5. The molecule has 2 rings (SSSR count). The molecule has 0 aliphatic carbocycles. The zero-order valence-corrected chi connectivity index (χ0v) is 19.9. The molecule has 0 aliphatic rings. The summed E-state index contributed by atoms with van der Waals surface area (Å²) < 4.78 is 15.8. The molecule has 0 bridgehead atoms. The van der Waals surface area contributed by atoms with Crippen molar-refractivity contribution in [3.8, 4) is 11.5 Å². The van der Waals surface area contributed by atoms with Crippen molar-refractivity contribution in [2.24, 2.45) is 0 Å². The number of carboxylic acid groups (broad SMARTS) is 1. The van der Waals surface area contributed by atoms with E-state index in [9.17, 15) is 19.8 Å². The van der Waals surface area contributed by atoms with E-state index in [0.717, 1.165) is 11.4 Å². The molecule has 0 aromatic heterocycles. The Morgan fingerprint density at radius 3 is 1.70 bits per heavy atom. The van der Waals surface area contributed by atoms with E-state index in [0.29, 0.717) is 22.6 Å². The lowest BCUT2D eigenvalue weighted by Crippen LogP contribution is -2.35. The minimum atomic E-state index is -1.51. The second-order valence-electron chi connectivity index (χ2n) is 7.99. The van der Waals surface area contributed by atoms with E-state index >= 15 is 0 Å². The van der Waals surface area contributed by atoms with Gasteiger partial charge in [-0.25, -0.2) is 9.59 Å². The van der Waals surface area contributed by atoms with Crippen LogP contribution >= 0.6 is 0 Å². The summed E-state index contributed by atoms with van der Waals surface area (Å²) >= 11 is 0. The van der Waals surface area contributed by atoms with Crippen LogP contribution < -0.4 is 19.3 Å². The number of benzene rings is 2. The van der Waals surface area contributed by atoms with E-state index in [1.165, 1.54) is 0 Å². The Morgan fingerprint density at radius 2 is 1.30 bits per heavy atom. The second-order valence-corrected chi connectivity index (χ2v) is 7.99. The average Bonchev–Trinajstić information content (AvgIpc) is 2.78. The molecule has 2 unspecified atom stereocenters. The van der Waals surface area contributed by atoms with Gasteiger partial charge in [0.05, 0.1) is 25.6 Å². The summed E-state index contributed by atoms with van der Waals surface area (Å²) in [6, 6.07) is 10.5. The van der Waals surface area contributed by atoms with Crippen molar-refractivity contribution in [3.63, 3.8) is 0 Å². The highest BCUT2D eigenvalue weighted by Crippen LogP contribution is 2.29. The number of anilines is 2. The predicted octanol–water partition coefficient (Wildman–Crippen LogP) is 1.98. The maximum absolute atomic E-state index is 12.5. The molecule has 2 aromatic rings. The van der Waals surface area contributed by atoms with E-state index < -0.39 is 24.1 Å². The van der Waals surface area contributed by atoms with Crippen molar-refractivity contribution >= 4 is 23.3 Å². The maximum Gasteiger partial charge on any atom is 0.345 e. The van der Waals surface area contributed by atoms with Crippen LogP contribution in [-0.2, 0) is 27.2 Å². The number of aliphatic carboxylic acids is 1. The third-order valence-corrected chi connectivity index (χ3v) is 5.11. The van der Waals surface area contributed by atoms with Gasteiger partial charge in [-0.05, 0) is 35.4 Å². The number of esters is 1. The Morgan fingerprint density at radius 1 is 0.848 bits per heavy atom. The number of ether oxygens (including phenoxy) is 3. The number of aliphatic hydroxyl groups is 1. The monoisotopic (exact) mass is 460 g/mol. The van der Waals surface area contributed by atoms with Crippen LogP contribution in [0.1, 0.15) is 11.1 Å². The van der Waals surface area contributed by atoms with E-state index in [2.05, 4.69) is 0 Å². The molecular weight excluding hydrogens is 428 g/mol. The average molecular weight is 461 g/mol. The number of carboxylic acids is 1. The molecule has 0 saturated carbocycles. The van der Waals surface area contributed by atoms with Gasteiger partial charge >= 0.3 is 11.9 Å². The molecule has 2 atom stereocenters. The van der Waals surface area contributed by atoms with Crippen molar-refractivity contribution < 1.29 is 34.0 Å². The molecule has 0 fully saturated rings. The Bertz CT molecular complexity index is 975. The van der Waals surface area contributed by atoms with Gasteiger partial charge < -0.3 is 34.2 Å². The fourth-order valence-corrected chi connectivity index (χ4v) is 3.34. The van der Waals surface area contributed by atoms with Crippen LogP contribution in [0.25, 0.3) is 0 Å². The number of nitrogens with zero attached hydrogens (tertiary/aromatic N) is 2. The number of carbonyl (C=O) groups is 2. The van der Waals surface area contributed by atoms with E-state index in [4.69, 9.17) is 14.2 Å². The maximum atomic E-state index is 12.5. The van der Waals surface area contributed by atoms with Gasteiger partial charge in [0.2, 0.25) is 6.10 Å². The van der Waals surface area contributed by atoms with E-state index in [-0.39, 0.29) is 12.8 Å². The van der Waals surface area contributed by atoms with Gasteiger partial charge in [0, 0.05) is 41.0 Å². The molecule has 0 aliphatic heterocycles. The van der Waals surface area contributed by atoms with Crippen LogP contribution in [0.4, 0.5) is 11.4 Å². The molecule has 2 N–H and O–H groups in total. The van der Waals surface area contributed by atoms with Crippen LogP contribution in [0, 0.1) is 0 Å². The lowest BCUT2D eigenvalue weighted by atomic mass is 10.0. The Labute approximate surface area is 194 Å². The molecular formula is C24H32N2O7. The fourth-order valence-electron chi connectivity index (χ4n) is 3.34. The topological polar surface area (TPSA) is 109 Å². The van der Waals surface area contributed by atoms with Gasteiger partial charge in [0.15, 0.2) is 6.10 Å². The number of aliphatic hydroxyl groups excluding tert-OH is 1. The van der Waals surface area contributed by atoms with Crippen molar-refractivity contribution in [1.29, 1.82) is 0 Å². The summed E-state index contributed by atoms with van der Waals surface area (Å²) in [5.41, 5.74) is 2.89. The van der Waals surface area contributed by atoms with Gasteiger partial charge in [-0.2, -0.15) is 0 Å². The van der Waals surface area contributed by atoms with Crippen LogP contribution in [-0.4, -0.2) is 76.8 Å². The normalized spacial score (nSPS) is 12.5. The number of hydrogen-bond acceptors (Lipinski definition) is 8. The molecule has 0 amide bonds. The van der Waals surface area contributed by atoms with Crippen molar-refractivity contribution in [3.05, 3.63) is 47.5 Å². The summed E-state index contributed by atoms with van der Waals surface area (Å²) in [5.74, 6) is -0.994. The number of methoxy groups -OCH3 is 2. The largest absolute Gasteiger partial charge is 0.495 e. The molecule has 0 heterocycles. The minimum absolute atomic E-state index is 0.0245. The highest BCUT2D eigenvalue weighted by molar-refractivity contribution is 5.81. The smallest absolute Gasteiger partial charge is 0.345 e. The number of carbonyl (C=O) groups excluding carboxylic acids is 1. The van der Waals surface area contributed by atoms with E-state index in [1.807, 2.05) is 38.0 Å². The molecule has 33 heavy (non-hydrogen) atoms. The molecule has 0 spiro atoms. The summed E-state index contributed by atoms with van der Waals surface area (Å²) in [6.45, 7) is 0. The first-order chi connectivity index (χ1) is 15.6. The molecule has 180 valence electrons. The molecule has 2 aromatic carbocycles. The highest BCUT2D eigenvalue weighted by atomic mass is 16.6. The highest BCUT2D eigenvalue weighted by Gasteiger charge is 2.27. The summed E-state index contributed by atoms with van der Waals surface area (Å²) in [6.07, 6.45) is -3.03. The Hall–Kier alpha value is -3.46. The third kappa shape index (κ3) is 6.76. The Balaban J connectivity index is 2.12. The lowest BCUT2D eigenvalue weighted by molar-refractivity contribution is -0.170. The third-order valence-electron chi connectivity index (χ3n) is 5.11. The lowest BCUT2D eigenvalue weighted by Gasteiger charge is -2.20. The van der Waals surface area contributed by atoms with Crippen LogP contribution in [0.2, 0.25) is 0 Å². The zero-order valence-electron chi connectivity index (χ0n) is 19.9. The standard InChI is InChI=1S/C24H32N2O7/c1-25(2)17-11-15(7-9-20(17)31-5)13-19(27)24(30)33-22(23(28)29)14-16-8-10-21(32-6)18(12-16)26(3)4/h7-12,19,22,27H,13-14H2,1-6H3,(H,28,29). The minimum Gasteiger partial charge on any atom is -0.495 e. The van der Waals surface area contributed by atoms with Gasteiger partial charge in [-0.15, -0.1) is 0 Å². The molecule has 9 nitrogen and oxygen atoms in total. The first-order valence-electron chi connectivity index (χ1n) is 10.4. The molecule has 0 radical (unpaired) electrons. The van der Waals surface area contributed by atoms with Crippen molar-refractivity contribution in [2.75, 3.05) is 52.2 Å². The number of hydrogen-bond donors (Lipinski definition) is 2. The second kappa shape index (κ2) is 11.4. The quantitative estimate of drug-likeness (QED) is 0.487. The van der Waals surface area contributed by atoms with Gasteiger partial charge in [0.1, 0.15) is 11.5 Å². The van der Waals surface area contributed by atoms with Gasteiger partial charge in [0.25, 0.3) is 0 Å². The SMILES string of the molecule is COc1ccc(CC(O)C(=O)OC(Cc2ccc(OC)c(N(C)C)c2)C(=O)O)cc1N(C)C. The summed E-state index contributed by atoms with van der Waals surface area (Å²) in [4.78, 5) is 27.9.